The summed E-state index contributed by atoms with van der Waals surface area (Å²) in [6, 6.07) is 2.32. The molecule has 3 heteroatoms. The average molecular weight is 310 g/mol. The summed E-state index contributed by atoms with van der Waals surface area (Å²) in [4.78, 5) is 0. The first-order valence-electron chi connectivity index (χ1n) is 6.83. The van der Waals surface area contributed by atoms with Crippen LogP contribution in [0, 0.1) is 0 Å². The largest absolute Gasteiger partial charge is 0.495 e. The molecular weight excluding hydrogens is 290 g/mol. The van der Waals surface area contributed by atoms with E-state index in [4.69, 9.17) is 10.5 Å². The van der Waals surface area contributed by atoms with Crippen LogP contribution in [0.25, 0.3) is 0 Å². The molecule has 2 N–H and O–H groups in total. The Kier molecular flexibility index (Phi) is 3.15. The molecule has 0 saturated heterocycles. The molecule has 0 unspecified atom stereocenters. The molecule has 2 nitrogen and oxygen atoms in total. The highest BCUT2D eigenvalue weighted by Gasteiger charge is 2.36. The van der Waals surface area contributed by atoms with Gasteiger partial charge in [-0.25, -0.2) is 0 Å². The van der Waals surface area contributed by atoms with Gasteiger partial charge in [-0.3, -0.25) is 0 Å². The molecule has 0 radical (unpaired) electrons. The molecule has 2 aliphatic carbocycles. The minimum Gasteiger partial charge on any atom is -0.495 e. The van der Waals surface area contributed by atoms with E-state index in [2.05, 4.69) is 22.0 Å². The fraction of sp³-hybridized carbons (Fsp3) is 0.600. The van der Waals surface area contributed by atoms with Crippen LogP contribution < -0.4 is 10.5 Å². The minimum absolute atomic E-state index is 0.175. The zero-order chi connectivity index (χ0) is 12.8. The molecule has 3 rings (SSSR count). The minimum atomic E-state index is -0.175. The fourth-order valence-electron chi connectivity index (χ4n) is 3.52. The summed E-state index contributed by atoms with van der Waals surface area (Å²) in [6.45, 7) is 0. The van der Waals surface area contributed by atoms with Gasteiger partial charge in [0.15, 0.2) is 0 Å². The van der Waals surface area contributed by atoms with Crippen molar-refractivity contribution >= 4 is 15.9 Å². The van der Waals surface area contributed by atoms with E-state index in [1.54, 1.807) is 7.11 Å². The molecule has 0 aliphatic heterocycles. The second kappa shape index (κ2) is 4.53. The van der Waals surface area contributed by atoms with E-state index in [0.29, 0.717) is 0 Å². The van der Waals surface area contributed by atoms with Crippen molar-refractivity contribution < 1.29 is 4.74 Å². The predicted octanol–water partition coefficient (Wildman–Crippen LogP) is 3.67. The van der Waals surface area contributed by atoms with Crippen molar-refractivity contribution in [2.75, 3.05) is 7.11 Å². The number of halogens is 1. The molecule has 0 amide bonds. The normalized spacial score (nSPS) is 21.1. The number of ether oxygens (including phenoxy) is 1. The molecule has 0 aromatic heterocycles. The fourth-order valence-corrected chi connectivity index (χ4v) is 4.35. The molecular formula is C15H20BrNO. The Hall–Kier alpha value is -0.540. The first-order chi connectivity index (χ1) is 8.65. The molecule has 2 aliphatic rings. The topological polar surface area (TPSA) is 35.2 Å². The Morgan fingerprint density at radius 3 is 2.61 bits per heavy atom. The zero-order valence-electron chi connectivity index (χ0n) is 10.9. The highest BCUT2D eigenvalue weighted by Crippen LogP contribution is 2.46. The van der Waals surface area contributed by atoms with Crippen LogP contribution in [0.4, 0.5) is 0 Å². The van der Waals surface area contributed by atoms with Gasteiger partial charge in [0.1, 0.15) is 5.75 Å². The zero-order valence-corrected chi connectivity index (χ0v) is 12.5. The number of hydrogen-bond acceptors (Lipinski definition) is 2. The van der Waals surface area contributed by atoms with Gasteiger partial charge >= 0.3 is 0 Å². The molecule has 0 heterocycles. The van der Waals surface area contributed by atoms with Gasteiger partial charge in [-0.15, -0.1) is 0 Å². The van der Waals surface area contributed by atoms with Gasteiger partial charge in [-0.1, -0.05) is 12.8 Å². The van der Waals surface area contributed by atoms with Gasteiger partial charge in [0, 0.05) is 11.1 Å². The van der Waals surface area contributed by atoms with Crippen LogP contribution in [0.15, 0.2) is 10.5 Å². The Bertz CT molecular complexity index is 478. The van der Waals surface area contributed by atoms with Crippen molar-refractivity contribution in [1.82, 2.24) is 0 Å². The number of aryl methyl sites for hydroxylation is 1. The van der Waals surface area contributed by atoms with Crippen LogP contribution in [-0.4, -0.2) is 7.11 Å². The molecule has 1 saturated carbocycles. The van der Waals surface area contributed by atoms with E-state index < -0.39 is 0 Å². The van der Waals surface area contributed by atoms with Crippen molar-refractivity contribution in [1.29, 1.82) is 0 Å². The van der Waals surface area contributed by atoms with Gasteiger partial charge in [0.05, 0.1) is 11.6 Å². The van der Waals surface area contributed by atoms with Crippen molar-refractivity contribution in [3.8, 4) is 5.75 Å². The number of rotatable bonds is 2. The summed E-state index contributed by atoms with van der Waals surface area (Å²) in [5.41, 5.74) is 10.6. The highest BCUT2D eigenvalue weighted by atomic mass is 79.9. The quantitative estimate of drug-likeness (QED) is 0.904. The number of fused-ring (bicyclic) bond motifs is 1. The third-order valence-corrected chi connectivity index (χ3v) is 5.36. The van der Waals surface area contributed by atoms with E-state index in [0.717, 1.165) is 29.5 Å². The Morgan fingerprint density at radius 2 is 1.94 bits per heavy atom. The summed E-state index contributed by atoms with van der Waals surface area (Å²) in [6.07, 6.45) is 8.20. The lowest BCUT2D eigenvalue weighted by molar-refractivity contribution is 0.376. The number of hydrogen-bond donors (Lipinski definition) is 1. The van der Waals surface area contributed by atoms with Gasteiger partial charge in [0.25, 0.3) is 0 Å². The van der Waals surface area contributed by atoms with Crippen molar-refractivity contribution in [3.63, 3.8) is 0 Å². The predicted molar refractivity (Wildman–Crippen MR) is 77.1 cm³/mol. The smallest absolute Gasteiger partial charge is 0.138 e. The number of nitrogens with two attached hydrogens (primary N) is 1. The van der Waals surface area contributed by atoms with Crippen LogP contribution in [0.1, 0.15) is 48.8 Å². The lowest BCUT2D eigenvalue weighted by Crippen LogP contribution is -2.33. The molecule has 0 atom stereocenters. The average Bonchev–Trinajstić information content (AvgIpc) is 2.98. The molecule has 1 aromatic rings. The first-order valence-corrected chi connectivity index (χ1v) is 7.62. The standard InChI is InChI=1S/C15H20BrNO/c1-18-14-12(15(17)7-2-3-8-15)9-10-5-4-6-11(10)13(14)16/h9H,2-8,17H2,1H3. The summed E-state index contributed by atoms with van der Waals surface area (Å²) in [5, 5.41) is 0. The highest BCUT2D eigenvalue weighted by molar-refractivity contribution is 9.10. The van der Waals surface area contributed by atoms with Crippen molar-refractivity contribution in [3.05, 3.63) is 27.2 Å². The Balaban J connectivity index is 2.16. The lowest BCUT2D eigenvalue weighted by atomic mass is 9.86. The van der Waals surface area contributed by atoms with Gasteiger partial charge < -0.3 is 10.5 Å². The summed E-state index contributed by atoms with van der Waals surface area (Å²) >= 11 is 3.73. The molecule has 18 heavy (non-hydrogen) atoms. The first kappa shape index (κ1) is 12.5. The van der Waals surface area contributed by atoms with Gasteiger partial charge in [-0.05, 0) is 65.2 Å². The summed E-state index contributed by atoms with van der Waals surface area (Å²) in [7, 11) is 1.75. The second-order valence-corrected chi connectivity index (χ2v) is 6.42. The Morgan fingerprint density at radius 1 is 1.22 bits per heavy atom. The van der Waals surface area contributed by atoms with Crippen LogP contribution in [0.3, 0.4) is 0 Å². The van der Waals surface area contributed by atoms with E-state index >= 15 is 0 Å². The molecule has 1 fully saturated rings. The third kappa shape index (κ3) is 1.79. The maximum atomic E-state index is 6.62. The van der Waals surface area contributed by atoms with Gasteiger partial charge in [-0.2, -0.15) is 0 Å². The molecule has 0 spiro atoms. The van der Waals surface area contributed by atoms with E-state index in [-0.39, 0.29) is 5.54 Å². The maximum Gasteiger partial charge on any atom is 0.138 e. The monoisotopic (exact) mass is 309 g/mol. The van der Waals surface area contributed by atoms with E-state index in [9.17, 15) is 0 Å². The molecule has 1 aromatic carbocycles. The van der Waals surface area contributed by atoms with Crippen LogP contribution in [0.5, 0.6) is 5.75 Å². The maximum absolute atomic E-state index is 6.62. The summed E-state index contributed by atoms with van der Waals surface area (Å²) in [5.74, 6) is 0.972. The number of benzene rings is 1. The summed E-state index contributed by atoms with van der Waals surface area (Å²) < 4.78 is 6.80. The van der Waals surface area contributed by atoms with Crippen molar-refractivity contribution in [2.45, 2.75) is 50.5 Å². The van der Waals surface area contributed by atoms with E-state index in [1.165, 1.54) is 42.4 Å². The Labute approximate surface area is 117 Å². The molecule has 98 valence electrons. The van der Waals surface area contributed by atoms with Crippen molar-refractivity contribution in [2.24, 2.45) is 5.73 Å². The van der Waals surface area contributed by atoms with Crippen LogP contribution >= 0.6 is 15.9 Å². The molecule has 0 bridgehead atoms. The van der Waals surface area contributed by atoms with Crippen LogP contribution in [-0.2, 0) is 18.4 Å². The van der Waals surface area contributed by atoms with E-state index in [1.807, 2.05) is 0 Å². The number of methoxy groups -OCH3 is 1. The SMILES string of the molecule is COc1c(C2(N)CCCC2)cc2c(c1Br)CCC2. The third-order valence-electron chi connectivity index (χ3n) is 4.52. The van der Waals surface area contributed by atoms with Crippen LogP contribution in [0.2, 0.25) is 0 Å². The second-order valence-electron chi connectivity index (χ2n) is 5.63. The lowest BCUT2D eigenvalue weighted by Gasteiger charge is -2.28. The van der Waals surface area contributed by atoms with Gasteiger partial charge in [0.2, 0.25) is 0 Å².